The minimum Gasteiger partial charge on any atom is -0.490 e. The fourth-order valence-corrected chi connectivity index (χ4v) is 1.01. The third-order valence-electron chi connectivity index (χ3n) is 2.06. The zero-order valence-electron chi connectivity index (χ0n) is 10.7. The van der Waals surface area contributed by atoms with Gasteiger partial charge in [-0.1, -0.05) is 20.8 Å². The van der Waals surface area contributed by atoms with E-state index in [0.29, 0.717) is 5.57 Å². The molecule has 0 rings (SSSR count). The molecule has 0 aromatic heterocycles. The number of carbonyl (C=O) groups is 2. The van der Waals surface area contributed by atoms with E-state index in [2.05, 4.69) is 4.74 Å². The van der Waals surface area contributed by atoms with E-state index in [4.69, 9.17) is 9.84 Å². The van der Waals surface area contributed by atoms with Crippen molar-refractivity contribution in [2.45, 2.75) is 20.8 Å². The van der Waals surface area contributed by atoms with E-state index >= 15 is 0 Å². The van der Waals surface area contributed by atoms with Crippen molar-refractivity contribution < 1.29 is 24.2 Å². The molecule has 5 heteroatoms. The molecule has 0 unspecified atom stereocenters. The number of carboxylic acids is 1. The molecule has 17 heavy (non-hydrogen) atoms. The Balaban J connectivity index is 5.44. The fraction of sp³-hybridized carbons (Fsp3) is 0.500. The Morgan fingerprint density at radius 1 is 1.06 bits per heavy atom. The molecule has 0 bridgehead atoms. The van der Waals surface area contributed by atoms with Crippen molar-refractivity contribution in [3.8, 4) is 0 Å². The Morgan fingerprint density at radius 3 is 1.88 bits per heavy atom. The highest BCUT2D eigenvalue weighted by atomic mass is 16.5. The number of aliphatic carboxylic acids is 1. The summed E-state index contributed by atoms with van der Waals surface area (Å²) in [6.45, 7) is 5.56. The van der Waals surface area contributed by atoms with Crippen LogP contribution in [0.1, 0.15) is 20.8 Å². The average Bonchev–Trinajstić information content (AvgIpc) is 2.21. The Labute approximate surface area is 101 Å². The van der Waals surface area contributed by atoms with Gasteiger partial charge in [0.05, 0.1) is 14.2 Å². The van der Waals surface area contributed by atoms with Crippen LogP contribution in [0.2, 0.25) is 0 Å². The van der Waals surface area contributed by atoms with Gasteiger partial charge in [-0.05, 0) is 17.1 Å². The van der Waals surface area contributed by atoms with E-state index in [1.54, 1.807) is 0 Å². The number of allylic oxidation sites excluding steroid dienone is 2. The van der Waals surface area contributed by atoms with Gasteiger partial charge in [-0.15, -0.1) is 0 Å². The smallest absolute Gasteiger partial charge is 0.371 e. The summed E-state index contributed by atoms with van der Waals surface area (Å²) in [4.78, 5) is 22.0. The quantitative estimate of drug-likeness (QED) is 0.352. The van der Waals surface area contributed by atoms with Crippen LogP contribution in [0.3, 0.4) is 0 Å². The number of ether oxygens (including phenoxy) is 2. The van der Waals surface area contributed by atoms with Crippen LogP contribution in [0.15, 0.2) is 23.5 Å². The van der Waals surface area contributed by atoms with Crippen LogP contribution in [0, 0.1) is 5.41 Å². The molecule has 0 aromatic rings. The van der Waals surface area contributed by atoms with Crippen LogP contribution in [0.25, 0.3) is 0 Å². The van der Waals surface area contributed by atoms with E-state index in [1.807, 2.05) is 20.8 Å². The SMILES string of the molecule is COC(=O)/C=C(\C=C(\OC)C(=O)O)C(C)(C)C. The molecule has 0 fully saturated rings. The van der Waals surface area contributed by atoms with Gasteiger partial charge in [0.15, 0.2) is 0 Å². The lowest BCUT2D eigenvalue weighted by molar-refractivity contribution is -0.136. The number of methoxy groups -OCH3 is 2. The average molecular weight is 242 g/mol. The molecular weight excluding hydrogens is 224 g/mol. The van der Waals surface area contributed by atoms with E-state index in [0.717, 1.165) is 0 Å². The van der Waals surface area contributed by atoms with Crippen LogP contribution >= 0.6 is 0 Å². The minimum absolute atomic E-state index is 0.227. The van der Waals surface area contributed by atoms with Crippen molar-refractivity contribution in [1.82, 2.24) is 0 Å². The van der Waals surface area contributed by atoms with Crippen molar-refractivity contribution in [2.24, 2.45) is 5.41 Å². The van der Waals surface area contributed by atoms with Gasteiger partial charge >= 0.3 is 11.9 Å². The molecule has 0 spiro atoms. The Kier molecular flexibility index (Phi) is 5.44. The van der Waals surface area contributed by atoms with Crippen molar-refractivity contribution >= 4 is 11.9 Å². The highest BCUT2D eigenvalue weighted by Crippen LogP contribution is 2.27. The van der Waals surface area contributed by atoms with Crippen molar-refractivity contribution in [1.29, 1.82) is 0 Å². The maximum Gasteiger partial charge on any atom is 0.371 e. The normalized spacial score (nSPS) is 13.2. The van der Waals surface area contributed by atoms with Crippen LogP contribution in [0.5, 0.6) is 0 Å². The predicted octanol–water partition coefficient (Wildman–Crippen LogP) is 1.75. The molecule has 0 amide bonds. The lowest BCUT2D eigenvalue weighted by atomic mass is 9.85. The molecular formula is C12H18O5. The van der Waals surface area contributed by atoms with E-state index in [1.165, 1.54) is 26.4 Å². The van der Waals surface area contributed by atoms with Crippen LogP contribution < -0.4 is 0 Å². The van der Waals surface area contributed by atoms with Crippen molar-refractivity contribution in [2.75, 3.05) is 14.2 Å². The van der Waals surface area contributed by atoms with Gasteiger partial charge in [-0.2, -0.15) is 0 Å². The second-order valence-corrected chi connectivity index (χ2v) is 4.39. The molecule has 0 atom stereocenters. The molecule has 0 aliphatic carbocycles. The highest BCUT2D eigenvalue weighted by Gasteiger charge is 2.19. The highest BCUT2D eigenvalue weighted by molar-refractivity contribution is 5.87. The summed E-state index contributed by atoms with van der Waals surface area (Å²) >= 11 is 0. The Hall–Kier alpha value is -1.78. The summed E-state index contributed by atoms with van der Waals surface area (Å²) < 4.78 is 9.24. The lowest BCUT2D eigenvalue weighted by Crippen LogP contribution is -2.13. The third-order valence-corrected chi connectivity index (χ3v) is 2.06. The molecule has 0 aromatic carbocycles. The van der Waals surface area contributed by atoms with Crippen LogP contribution in [-0.4, -0.2) is 31.3 Å². The molecule has 0 aliphatic rings. The second-order valence-electron chi connectivity index (χ2n) is 4.39. The third kappa shape index (κ3) is 5.19. The number of hydrogen-bond acceptors (Lipinski definition) is 4. The largest absolute Gasteiger partial charge is 0.490 e. The standard InChI is InChI=1S/C12H18O5/c1-12(2,3)8(7-10(13)17-5)6-9(16-4)11(14)15/h6-7H,1-5H3,(H,14,15)/b8-7+,9-6+. The number of hydrogen-bond donors (Lipinski definition) is 1. The van der Waals surface area contributed by atoms with Gasteiger partial charge in [-0.3, -0.25) is 0 Å². The minimum atomic E-state index is -1.19. The van der Waals surface area contributed by atoms with E-state index in [9.17, 15) is 9.59 Å². The van der Waals surface area contributed by atoms with Gasteiger partial charge in [0.1, 0.15) is 0 Å². The monoisotopic (exact) mass is 242 g/mol. The second kappa shape index (κ2) is 6.08. The molecule has 1 N–H and O–H groups in total. The van der Waals surface area contributed by atoms with Crippen molar-refractivity contribution in [3.05, 3.63) is 23.5 Å². The number of carboxylic acid groups (broad SMARTS) is 1. The zero-order valence-corrected chi connectivity index (χ0v) is 10.7. The van der Waals surface area contributed by atoms with Gasteiger partial charge < -0.3 is 14.6 Å². The first-order chi connectivity index (χ1) is 7.72. The summed E-state index contributed by atoms with van der Waals surface area (Å²) in [6.07, 6.45) is 2.57. The van der Waals surface area contributed by atoms with Gasteiger partial charge in [-0.25, -0.2) is 9.59 Å². The van der Waals surface area contributed by atoms with Crippen molar-refractivity contribution in [3.63, 3.8) is 0 Å². The lowest BCUT2D eigenvalue weighted by Gasteiger charge is -2.20. The molecule has 0 radical (unpaired) electrons. The van der Waals surface area contributed by atoms with Crippen LogP contribution in [0.4, 0.5) is 0 Å². The maximum atomic E-state index is 11.2. The maximum absolute atomic E-state index is 11.2. The number of esters is 1. The number of carbonyl (C=O) groups excluding carboxylic acids is 1. The molecule has 96 valence electrons. The summed E-state index contributed by atoms with van der Waals surface area (Å²) in [5.74, 6) is -1.95. The zero-order chi connectivity index (χ0) is 13.6. The molecule has 0 heterocycles. The van der Waals surface area contributed by atoms with Gasteiger partial charge in [0.25, 0.3) is 0 Å². The summed E-state index contributed by atoms with van der Waals surface area (Å²) in [5, 5.41) is 8.84. The number of rotatable bonds is 4. The van der Waals surface area contributed by atoms with Gasteiger partial charge in [0.2, 0.25) is 5.76 Å². The topological polar surface area (TPSA) is 72.8 Å². The first-order valence-corrected chi connectivity index (χ1v) is 5.01. The summed E-state index contributed by atoms with van der Waals surface area (Å²) in [5.41, 5.74) is 0.122. The Bertz CT molecular complexity index is 358. The molecule has 5 nitrogen and oxygen atoms in total. The van der Waals surface area contributed by atoms with Crippen LogP contribution in [-0.2, 0) is 19.1 Å². The molecule has 0 saturated heterocycles. The first kappa shape index (κ1) is 15.2. The molecule has 0 saturated carbocycles. The summed E-state index contributed by atoms with van der Waals surface area (Å²) in [6, 6.07) is 0. The van der Waals surface area contributed by atoms with E-state index < -0.39 is 17.4 Å². The fourth-order valence-electron chi connectivity index (χ4n) is 1.01. The summed E-state index contributed by atoms with van der Waals surface area (Å²) in [7, 11) is 2.52. The first-order valence-electron chi connectivity index (χ1n) is 5.01. The molecule has 0 aliphatic heterocycles. The Morgan fingerprint density at radius 2 is 1.59 bits per heavy atom. The van der Waals surface area contributed by atoms with E-state index in [-0.39, 0.29) is 5.76 Å². The van der Waals surface area contributed by atoms with Gasteiger partial charge in [0, 0.05) is 6.08 Å². The predicted molar refractivity (Wildman–Crippen MR) is 62.3 cm³/mol.